The Bertz CT molecular complexity index is 1050. The molecule has 0 bridgehead atoms. The van der Waals surface area contributed by atoms with Crippen LogP contribution in [0.3, 0.4) is 0 Å². The van der Waals surface area contributed by atoms with Gasteiger partial charge in [0, 0.05) is 49.4 Å². The van der Waals surface area contributed by atoms with Gasteiger partial charge in [0.25, 0.3) is 5.91 Å². The largest absolute Gasteiger partial charge is 0.497 e. The number of ether oxygens (including phenoxy) is 2. The number of esters is 1. The second kappa shape index (κ2) is 10.0. The van der Waals surface area contributed by atoms with Gasteiger partial charge in [-0.05, 0) is 68.0 Å². The first-order chi connectivity index (χ1) is 17.0. The lowest BCUT2D eigenvalue weighted by Gasteiger charge is -2.55. The molecule has 35 heavy (non-hydrogen) atoms. The zero-order valence-electron chi connectivity index (χ0n) is 20.7. The minimum absolute atomic E-state index is 0.0809. The van der Waals surface area contributed by atoms with Gasteiger partial charge in [-0.1, -0.05) is 30.3 Å². The fourth-order valence-electron chi connectivity index (χ4n) is 6.33. The van der Waals surface area contributed by atoms with Crippen molar-refractivity contribution in [1.82, 2.24) is 10.2 Å². The third-order valence-electron chi connectivity index (χ3n) is 8.16. The predicted molar refractivity (Wildman–Crippen MR) is 134 cm³/mol. The lowest BCUT2D eigenvalue weighted by atomic mass is 9.56. The van der Waals surface area contributed by atoms with Crippen molar-refractivity contribution in [3.8, 4) is 5.75 Å². The van der Waals surface area contributed by atoms with Gasteiger partial charge in [-0.15, -0.1) is 0 Å². The van der Waals surface area contributed by atoms with Crippen molar-refractivity contribution in [2.75, 3.05) is 26.7 Å². The average Bonchev–Trinajstić information content (AvgIpc) is 3.68. The van der Waals surface area contributed by atoms with E-state index in [4.69, 9.17) is 9.47 Å². The number of hydrogen-bond acceptors (Lipinski definition) is 5. The standard InChI is InChI=1S/C29H36N2O4/c1-20(32)35-27-16-24(30-28(33)22-7-4-3-5-8-22)17-29(23-9-6-10-25(15-23)34-2)13-14-31(19-26(27)29)18-21-11-12-21/h3-10,15,21,24,26-27H,11-14,16-19H2,1-2H3,(H,30,33). The van der Waals surface area contributed by atoms with Gasteiger partial charge in [-0.2, -0.15) is 0 Å². The van der Waals surface area contributed by atoms with Crippen LogP contribution < -0.4 is 10.1 Å². The molecule has 2 aromatic carbocycles. The first-order valence-corrected chi connectivity index (χ1v) is 12.9. The van der Waals surface area contributed by atoms with E-state index in [1.807, 2.05) is 42.5 Å². The van der Waals surface area contributed by atoms with Crippen LogP contribution in [0.1, 0.15) is 54.9 Å². The second-order valence-electron chi connectivity index (χ2n) is 10.6. The average molecular weight is 477 g/mol. The van der Waals surface area contributed by atoms with Crippen LogP contribution in [0.4, 0.5) is 0 Å². The molecule has 1 saturated heterocycles. The highest BCUT2D eigenvalue weighted by atomic mass is 16.5. The van der Waals surface area contributed by atoms with Crippen molar-refractivity contribution in [2.24, 2.45) is 11.8 Å². The summed E-state index contributed by atoms with van der Waals surface area (Å²) in [6.07, 6.45) is 4.80. The molecule has 0 radical (unpaired) electrons. The number of benzene rings is 2. The van der Waals surface area contributed by atoms with Crippen LogP contribution in [0.5, 0.6) is 5.75 Å². The summed E-state index contributed by atoms with van der Waals surface area (Å²) in [5.41, 5.74) is 1.65. The molecule has 1 aliphatic heterocycles. The van der Waals surface area contributed by atoms with Gasteiger partial charge in [0.2, 0.25) is 0 Å². The van der Waals surface area contributed by atoms with E-state index in [9.17, 15) is 9.59 Å². The number of amides is 1. The van der Waals surface area contributed by atoms with Crippen LogP contribution in [0, 0.1) is 11.8 Å². The van der Waals surface area contributed by atoms with Crippen LogP contribution in [0.15, 0.2) is 54.6 Å². The molecule has 1 heterocycles. The molecule has 6 nitrogen and oxygen atoms in total. The number of carbonyl (C=O) groups is 2. The second-order valence-corrected chi connectivity index (χ2v) is 10.6. The minimum Gasteiger partial charge on any atom is -0.497 e. The maximum atomic E-state index is 13.1. The van der Waals surface area contributed by atoms with E-state index in [0.717, 1.165) is 44.1 Å². The molecular weight excluding hydrogens is 440 g/mol. The smallest absolute Gasteiger partial charge is 0.302 e. The van der Waals surface area contributed by atoms with Crippen molar-refractivity contribution >= 4 is 11.9 Å². The van der Waals surface area contributed by atoms with E-state index in [-0.39, 0.29) is 35.4 Å². The number of fused-ring (bicyclic) bond motifs is 1. The summed E-state index contributed by atoms with van der Waals surface area (Å²) in [7, 11) is 1.69. The zero-order chi connectivity index (χ0) is 24.4. The number of likely N-dealkylation sites (tertiary alicyclic amines) is 1. The highest BCUT2D eigenvalue weighted by Gasteiger charge is 2.54. The first-order valence-electron chi connectivity index (χ1n) is 12.9. The Labute approximate surface area is 208 Å². The maximum absolute atomic E-state index is 13.1. The van der Waals surface area contributed by atoms with Crippen molar-refractivity contribution in [1.29, 1.82) is 0 Å². The van der Waals surface area contributed by atoms with E-state index < -0.39 is 0 Å². The Kier molecular flexibility index (Phi) is 6.83. The summed E-state index contributed by atoms with van der Waals surface area (Å²) in [6, 6.07) is 17.6. The third kappa shape index (κ3) is 5.22. The molecule has 2 aliphatic carbocycles. The van der Waals surface area contributed by atoms with E-state index in [0.29, 0.717) is 12.0 Å². The molecule has 2 aromatic rings. The number of rotatable bonds is 7. The maximum Gasteiger partial charge on any atom is 0.302 e. The summed E-state index contributed by atoms with van der Waals surface area (Å²) in [5.74, 6) is 1.46. The van der Waals surface area contributed by atoms with Crippen molar-refractivity contribution in [3.05, 3.63) is 65.7 Å². The SMILES string of the molecule is COc1cccc(C23CCN(CC4CC4)CC2C(OC(C)=O)CC(NC(=O)c2ccccc2)C3)c1. The topological polar surface area (TPSA) is 67.9 Å². The van der Waals surface area contributed by atoms with E-state index in [1.165, 1.54) is 25.3 Å². The Morgan fingerprint density at radius 3 is 2.63 bits per heavy atom. The number of nitrogens with zero attached hydrogens (tertiary/aromatic N) is 1. The van der Waals surface area contributed by atoms with E-state index >= 15 is 0 Å². The molecule has 1 amide bonds. The molecule has 0 aromatic heterocycles. The number of piperidine rings is 1. The van der Waals surface area contributed by atoms with Crippen LogP contribution >= 0.6 is 0 Å². The van der Waals surface area contributed by atoms with Crippen LogP contribution in [-0.2, 0) is 14.9 Å². The van der Waals surface area contributed by atoms with Crippen LogP contribution in [0.2, 0.25) is 0 Å². The number of methoxy groups -OCH3 is 1. The van der Waals surface area contributed by atoms with Crippen molar-refractivity contribution in [2.45, 2.75) is 56.6 Å². The summed E-state index contributed by atoms with van der Waals surface area (Å²) in [5, 5.41) is 3.27. The normalized spacial score (nSPS) is 28.6. The molecule has 4 unspecified atom stereocenters. The van der Waals surface area contributed by atoms with Gasteiger partial charge in [0.1, 0.15) is 11.9 Å². The lowest BCUT2D eigenvalue weighted by molar-refractivity contribution is -0.157. The molecule has 186 valence electrons. The van der Waals surface area contributed by atoms with Gasteiger partial charge in [0.05, 0.1) is 7.11 Å². The fraction of sp³-hybridized carbons (Fsp3) is 0.517. The van der Waals surface area contributed by atoms with Gasteiger partial charge >= 0.3 is 5.97 Å². The summed E-state index contributed by atoms with van der Waals surface area (Å²) >= 11 is 0. The van der Waals surface area contributed by atoms with E-state index in [1.54, 1.807) is 7.11 Å². The number of carbonyl (C=O) groups excluding carboxylic acids is 2. The third-order valence-corrected chi connectivity index (χ3v) is 8.16. The Morgan fingerprint density at radius 2 is 1.91 bits per heavy atom. The van der Waals surface area contributed by atoms with Gasteiger partial charge in [-0.3, -0.25) is 9.59 Å². The molecule has 3 fully saturated rings. The number of nitrogens with one attached hydrogen (secondary N) is 1. The molecule has 1 N–H and O–H groups in total. The molecule has 0 spiro atoms. The minimum atomic E-state index is -0.260. The van der Waals surface area contributed by atoms with Crippen LogP contribution in [-0.4, -0.2) is 55.7 Å². The van der Waals surface area contributed by atoms with Gasteiger partial charge in [0.15, 0.2) is 0 Å². The van der Waals surface area contributed by atoms with Crippen molar-refractivity contribution in [3.63, 3.8) is 0 Å². The summed E-state index contributed by atoms with van der Waals surface area (Å²) in [4.78, 5) is 27.9. The lowest BCUT2D eigenvalue weighted by Crippen LogP contribution is -2.61. The zero-order valence-corrected chi connectivity index (χ0v) is 20.7. The summed E-state index contributed by atoms with van der Waals surface area (Å²) in [6.45, 7) is 4.54. The molecule has 4 atom stereocenters. The molecule has 6 heteroatoms. The Morgan fingerprint density at radius 1 is 1.11 bits per heavy atom. The molecule has 2 saturated carbocycles. The quantitative estimate of drug-likeness (QED) is 0.607. The first kappa shape index (κ1) is 23.9. The number of hydrogen-bond donors (Lipinski definition) is 1. The highest BCUT2D eigenvalue weighted by molar-refractivity contribution is 5.94. The molecular formula is C29H36N2O4. The Balaban J connectivity index is 1.48. The van der Waals surface area contributed by atoms with Crippen molar-refractivity contribution < 1.29 is 19.1 Å². The van der Waals surface area contributed by atoms with E-state index in [2.05, 4.69) is 22.3 Å². The monoisotopic (exact) mass is 476 g/mol. The van der Waals surface area contributed by atoms with Crippen LogP contribution in [0.25, 0.3) is 0 Å². The highest BCUT2D eigenvalue weighted by Crippen LogP contribution is 2.51. The van der Waals surface area contributed by atoms with Gasteiger partial charge in [-0.25, -0.2) is 0 Å². The van der Waals surface area contributed by atoms with Gasteiger partial charge < -0.3 is 19.7 Å². The molecule has 5 rings (SSSR count). The molecule has 3 aliphatic rings. The Hall–Kier alpha value is -2.86. The predicted octanol–water partition coefficient (Wildman–Crippen LogP) is 4.19. The fourth-order valence-corrected chi connectivity index (χ4v) is 6.33. The summed E-state index contributed by atoms with van der Waals surface area (Å²) < 4.78 is 11.6.